The van der Waals surface area contributed by atoms with Crippen molar-refractivity contribution in [1.29, 1.82) is 0 Å². The Hall–Kier alpha value is -0.750. The first-order valence-electron chi connectivity index (χ1n) is 7.45. The molecule has 1 aliphatic heterocycles. The summed E-state index contributed by atoms with van der Waals surface area (Å²) in [5.74, 6) is 2.21. The summed E-state index contributed by atoms with van der Waals surface area (Å²) in [4.78, 5) is 12.1. The molecular formula is C16H25ClN2O2S. The smallest absolute Gasteiger partial charge is 0.225 e. The average Bonchev–Trinajstić information content (AvgIpc) is 2.46. The Balaban J connectivity index is 0.00000242. The minimum atomic E-state index is 0. The van der Waals surface area contributed by atoms with Gasteiger partial charge in [0.2, 0.25) is 5.91 Å². The molecule has 1 fully saturated rings. The quantitative estimate of drug-likeness (QED) is 0.832. The van der Waals surface area contributed by atoms with E-state index in [1.54, 1.807) is 0 Å². The molecule has 4 nitrogen and oxygen atoms in total. The van der Waals surface area contributed by atoms with Crippen LogP contribution >= 0.6 is 24.2 Å². The van der Waals surface area contributed by atoms with Gasteiger partial charge >= 0.3 is 0 Å². The van der Waals surface area contributed by atoms with Gasteiger partial charge in [0.1, 0.15) is 0 Å². The molecule has 0 bridgehead atoms. The molecule has 0 aliphatic carbocycles. The maximum Gasteiger partial charge on any atom is 0.225 e. The summed E-state index contributed by atoms with van der Waals surface area (Å²) in [7, 11) is 0. The summed E-state index contributed by atoms with van der Waals surface area (Å²) in [5, 5.41) is 6.35. The number of halogens is 1. The van der Waals surface area contributed by atoms with Crippen molar-refractivity contribution < 1.29 is 9.53 Å². The van der Waals surface area contributed by atoms with Crippen molar-refractivity contribution in [2.75, 3.05) is 23.4 Å². The van der Waals surface area contributed by atoms with Crippen LogP contribution in [0.3, 0.4) is 0 Å². The standard InChI is InChI=1S/C16H24N2O2S.ClH/c1-12(2)20-10-13-4-3-5-14(8-13)18-16(19)9-15-11-21-7-6-17-15;/h3-5,8,12,15,17H,6-7,9-11H2,1-2H3,(H,18,19);1H. The van der Waals surface area contributed by atoms with Crippen LogP contribution in [-0.4, -0.2) is 36.1 Å². The molecule has 1 saturated heterocycles. The molecule has 1 unspecified atom stereocenters. The highest BCUT2D eigenvalue weighted by Crippen LogP contribution is 2.14. The van der Waals surface area contributed by atoms with Crippen LogP contribution in [0.15, 0.2) is 24.3 Å². The van der Waals surface area contributed by atoms with Gasteiger partial charge in [-0.2, -0.15) is 11.8 Å². The molecule has 2 rings (SSSR count). The predicted molar refractivity (Wildman–Crippen MR) is 96.0 cm³/mol. The van der Waals surface area contributed by atoms with Crippen molar-refractivity contribution in [2.45, 2.75) is 39.0 Å². The number of anilines is 1. The summed E-state index contributed by atoms with van der Waals surface area (Å²) < 4.78 is 5.58. The minimum Gasteiger partial charge on any atom is -0.374 e. The van der Waals surface area contributed by atoms with Crippen molar-refractivity contribution in [3.63, 3.8) is 0 Å². The molecule has 0 spiro atoms. The molecule has 124 valence electrons. The molecule has 0 radical (unpaired) electrons. The lowest BCUT2D eigenvalue weighted by Crippen LogP contribution is -2.39. The Bertz CT molecular complexity index is 465. The highest BCUT2D eigenvalue weighted by molar-refractivity contribution is 7.99. The first-order chi connectivity index (χ1) is 10.1. The highest BCUT2D eigenvalue weighted by Gasteiger charge is 2.16. The van der Waals surface area contributed by atoms with Gasteiger partial charge in [-0.05, 0) is 31.5 Å². The summed E-state index contributed by atoms with van der Waals surface area (Å²) in [5.41, 5.74) is 1.92. The molecular weight excluding hydrogens is 320 g/mol. The fourth-order valence-corrected chi connectivity index (χ4v) is 3.14. The Morgan fingerprint density at radius 1 is 1.50 bits per heavy atom. The van der Waals surface area contributed by atoms with Crippen molar-refractivity contribution >= 4 is 35.8 Å². The Kier molecular flexibility index (Phi) is 8.86. The van der Waals surface area contributed by atoms with E-state index >= 15 is 0 Å². The van der Waals surface area contributed by atoms with E-state index in [0.717, 1.165) is 29.3 Å². The number of hydrogen-bond acceptors (Lipinski definition) is 4. The number of benzene rings is 1. The van der Waals surface area contributed by atoms with Crippen LogP contribution in [0.25, 0.3) is 0 Å². The van der Waals surface area contributed by atoms with Crippen LogP contribution in [0.4, 0.5) is 5.69 Å². The second kappa shape index (κ2) is 10.1. The Morgan fingerprint density at radius 3 is 3.00 bits per heavy atom. The third-order valence-electron chi connectivity index (χ3n) is 3.22. The van der Waals surface area contributed by atoms with Crippen molar-refractivity contribution in [2.24, 2.45) is 0 Å². The van der Waals surface area contributed by atoms with Gasteiger partial charge in [0, 0.05) is 36.2 Å². The van der Waals surface area contributed by atoms with Crippen LogP contribution < -0.4 is 10.6 Å². The average molecular weight is 345 g/mol. The van der Waals surface area contributed by atoms with Gasteiger partial charge in [-0.1, -0.05) is 12.1 Å². The Morgan fingerprint density at radius 2 is 2.32 bits per heavy atom. The lowest BCUT2D eigenvalue weighted by atomic mass is 10.2. The summed E-state index contributed by atoms with van der Waals surface area (Å²) in [6, 6.07) is 8.14. The number of amides is 1. The number of carbonyl (C=O) groups is 1. The summed E-state index contributed by atoms with van der Waals surface area (Å²) in [6.07, 6.45) is 0.734. The molecule has 1 heterocycles. The molecule has 0 aromatic heterocycles. The zero-order valence-corrected chi connectivity index (χ0v) is 14.8. The molecule has 0 saturated carbocycles. The van der Waals surface area contributed by atoms with Gasteiger partial charge in [-0.25, -0.2) is 0 Å². The number of rotatable bonds is 6. The number of ether oxygens (including phenoxy) is 1. The number of carbonyl (C=O) groups excluding carboxylic acids is 1. The van der Waals surface area contributed by atoms with Gasteiger partial charge in [-0.15, -0.1) is 12.4 Å². The highest BCUT2D eigenvalue weighted by atomic mass is 35.5. The van der Waals surface area contributed by atoms with E-state index in [2.05, 4.69) is 10.6 Å². The number of nitrogens with one attached hydrogen (secondary N) is 2. The first kappa shape index (κ1) is 19.3. The minimum absolute atomic E-state index is 0. The molecule has 22 heavy (non-hydrogen) atoms. The van der Waals surface area contributed by atoms with E-state index in [0.29, 0.717) is 13.0 Å². The van der Waals surface area contributed by atoms with E-state index in [1.165, 1.54) is 0 Å². The zero-order valence-electron chi connectivity index (χ0n) is 13.1. The molecule has 1 amide bonds. The molecule has 6 heteroatoms. The van der Waals surface area contributed by atoms with Crippen molar-refractivity contribution in [3.8, 4) is 0 Å². The predicted octanol–water partition coefficient (Wildman–Crippen LogP) is 3.07. The number of hydrogen-bond donors (Lipinski definition) is 2. The van der Waals surface area contributed by atoms with Gasteiger partial charge in [0.15, 0.2) is 0 Å². The van der Waals surface area contributed by atoms with Gasteiger partial charge in [0.25, 0.3) is 0 Å². The maximum atomic E-state index is 12.1. The summed E-state index contributed by atoms with van der Waals surface area (Å²) in [6.45, 7) is 5.59. The fourth-order valence-electron chi connectivity index (χ4n) is 2.19. The topological polar surface area (TPSA) is 50.4 Å². The lowest BCUT2D eigenvalue weighted by molar-refractivity contribution is -0.116. The van der Waals surface area contributed by atoms with Crippen LogP contribution in [-0.2, 0) is 16.1 Å². The third kappa shape index (κ3) is 7.01. The van der Waals surface area contributed by atoms with Crippen molar-refractivity contribution in [1.82, 2.24) is 5.32 Å². The third-order valence-corrected chi connectivity index (χ3v) is 4.36. The van der Waals surface area contributed by atoms with E-state index in [9.17, 15) is 4.79 Å². The molecule has 1 aliphatic rings. The lowest BCUT2D eigenvalue weighted by Gasteiger charge is -2.22. The molecule has 1 atom stereocenters. The molecule has 1 aromatic rings. The normalized spacial score (nSPS) is 17.9. The second-order valence-corrected chi connectivity index (χ2v) is 6.69. The largest absolute Gasteiger partial charge is 0.374 e. The number of thioether (sulfide) groups is 1. The molecule has 2 N–H and O–H groups in total. The second-order valence-electron chi connectivity index (χ2n) is 5.54. The van der Waals surface area contributed by atoms with Crippen LogP contribution in [0.2, 0.25) is 0 Å². The van der Waals surface area contributed by atoms with Crippen LogP contribution in [0.5, 0.6) is 0 Å². The van der Waals surface area contributed by atoms with E-state index in [4.69, 9.17) is 4.74 Å². The van der Waals surface area contributed by atoms with Gasteiger partial charge in [-0.3, -0.25) is 4.79 Å². The van der Waals surface area contributed by atoms with E-state index < -0.39 is 0 Å². The van der Waals surface area contributed by atoms with E-state index in [1.807, 2.05) is 49.9 Å². The Labute approximate surface area is 143 Å². The SMILES string of the molecule is CC(C)OCc1cccc(NC(=O)CC2CSCCN2)c1.Cl. The first-order valence-corrected chi connectivity index (χ1v) is 8.60. The van der Waals surface area contributed by atoms with Gasteiger partial charge in [0.05, 0.1) is 12.7 Å². The van der Waals surface area contributed by atoms with Crippen molar-refractivity contribution in [3.05, 3.63) is 29.8 Å². The summed E-state index contributed by atoms with van der Waals surface area (Å²) >= 11 is 1.90. The zero-order chi connectivity index (χ0) is 15.1. The monoisotopic (exact) mass is 344 g/mol. The van der Waals surface area contributed by atoms with Crippen LogP contribution in [0, 0.1) is 0 Å². The van der Waals surface area contributed by atoms with Gasteiger partial charge < -0.3 is 15.4 Å². The maximum absolute atomic E-state index is 12.1. The molecule has 1 aromatic carbocycles. The van der Waals surface area contributed by atoms with E-state index in [-0.39, 0.29) is 30.5 Å². The fraction of sp³-hybridized carbons (Fsp3) is 0.562. The van der Waals surface area contributed by atoms with Crippen LogP contribution in [0.1, 0.15) is 25.8 Å².